The van der Waals surface area contributed by atoms with Crippen LogP contribution in [-0.2, 0) is 0 Å². The molecule has 0 bridgehead atoms. The van der Waals surface area contributed by atoms with Crippen LogP contribution in [0.3, 0.4) is 0 Å². The topological polar surface area (TPSA) is 87.7 Å². The summed E-state index contributed by atoms with van der Waals surface area (Å²) in [5.74, 6) is -1.64. The third-order valence-electron chi connectivity index (χ3n) is 2.36. The Bertz CT molecular complexity index is 479. The maximum absolute atomic E-state index is 13.4. The van der Waals surface area contributed by atoms with Crippen molar-refractivity contribution in [3.05, 3.63) is 34.6 Å². The Labute approximate surface area is 108 Å². The zero-order valence-corrected chi connectivity index (χ0v) is 10.4. The molecule has 0 spiro atoms. The number of nitrogens with zero attached hydrogens (tertiary/aromatic N) is 1. The van der Waals surface area contributed by atoms with E-state index in [4.69, 9.17) is 22.5 Å². The van der Waals surface area contributed by atoms with Crippen LogP contribution < -0.4 is 11.1 Å². The number of amides is 1. The van der Waals surface area contributed by atoms with Crippen LogP contribution in [0.2, 0.25) is 5.02 Å². The van der Waals surface area contributed by atoms with E-state index < -0.39 is 11.7 Å². The lowest BCUT2D eigenvalue weighted by molar-refractivity contribution is 0.0947. The van der Waals surface area contributed by atoms with Gasteiger partial charge in [0.2, 0.25) is 0 Å². The smallest absolute Gasteiger partial charge is 0.254 e. The molecule has 5 nitrogen and oxygen atoms in total. The quantitative estimate of drug-likeness (QED) is 0.337. The van der Waals surface area contributed by atoms with E-state index in [-0.39, 0.29) is 28.9 Å². The molecule has 1 atom stereocenters. The van der Waals surface area contributed by atoms with Crippen molar-refractivity contribution in [1.82, 2.24) is 5.32 Å². The van der Waals surface area contributed by atoms with Crippen molar-refractivity contribution in [2.45, 2.75) is 6.92 Å². The molecule has 0 fully saturated rings. The first kappa shape index (κ1) is 14.2. The van der Waals surface area contributed by atoms with Gasteiger partial charge in [-0.2, -0.15) is 0 Å². The summed E-state index contributed by atoms with van der Waals surface area (Å²) in [4.78, 5) is 11.7. The zero-order chi connectivity index (χ0) is 13.7. The summed E-state index contributed by atoms with van der Waals surface area (Å²) in [6, 6.07) is 3.71. The third kappa shape index (κ3) is 3.59. The summed E-state index contributed by atoms with van der Waals surface area (Å²) in [6.45, 7) is 1.78. The molecule has 98 valence electrons. The first-order valence-corrected chi connectivity index (χ1v) is 5.54. The summed E-state index contributed by atoms with van der Waals surface area (Å²) in [6.07, 6.45) is 0. The number of nitrogens with two attached hydrogens (primary N) is 1. The van der Waals surface area contributed by atoms with Gasteiger partial charge in [-0.1, -0.05) is 23.7 Å². The number of amidine groups is 1. The first-order chi connectivity index (χ1) is 8.45. The first-order valence-electron chi connectivity index (χ1n) is 5.16. The van der Waals surface area contributed by atoms with Crippen molar-refractivity contribution in [1.29, 1.82) is 0 Å². The van der Waals surface area contributed by atoms with Gasteiger partial charge in [-0.15, -0.1) is 0 Å². The number of rotatable bonds is 4. The van der Waals surface area contributed by atoms with Gasteiger partial charge in [-0.25, -0.2) is 4.39 Å². The van der Waals surface area contributed by atoms with Gasteiger partial charge in [0.05, 0.1) is 5.56 Å². The molecule has 1 amide bonds. The van der Waals surface area contributed by atoms with Crippen molar-refractivity contribution in [2.75, 3.05) is 6.54 Å². The minimum Gasteiger partial charge on any atom is -0.409 e. The van der Waals surface area contributed by atoms with Crippen molar-refractivity contribution in [3.63, 3.8) is 0 Å². The van der Waals surface area contributed by atoms with E-state index >= 15 is 0 Å². The van der Waals surface area contributed by atoms with Gasteiger partial charge in [0, 0.05) is 17.5 Å². The summed E-state index contributed by atoms with van der Waals surface area (Å²) in [5, 5.41) is 14.0. The molecule has 0 aliphatic heterocycles. The van der Waals surface area contributed by atoms with Crippen LogP contribution in [-0.4, -0.2) is 23.5 Å². The molecule has 18 heavy (non-hydrogen) atoms. The molecule has 7 heteroatoms. The highest BCUT2D eigenvalue weighted by molar-refractivity contribution is 6.31. The predicted octanol–water partition coefficient (Wildman–Crippen LogP) is 1.59. The molecule has 0 heterocycles. The van der Waals surface area contributed by atoms with Gasteiger partial charge in [0.1, 0.15) is 11.7 Å². The van der Waals surface area contributed by atoms with Gasteiger partial charge in [0.15, 0.2) is 0 Å². The van der Waals surface area contributed by atoms with Crippen LogP contribution in [0, 0.1) is 11.7 Å². The van der Waals surface area contributed by atoms with Gasteiger partial charge in [-0.05, 0) is 18.2 Å². The molecular weight excluding hydrogens is 261 g/mol. The van der Waals surface area contributed by atoms with Crippen LogP contribution in [0.15, 0.2) is 23.4 Å². The molecule has 0 aliphatic carbocycles. The van der Waals surface area contributed by atoms with Gasteiger partial charge in [-0.3, -0.25) is 4.79 Å². The highest BCUT2D eigenvalue weighted by Crippen LogP contribution is 2.14. The van der Waals surface area contributed by atoms with Crippen molar-refractivity contribution in [3.8, 4) is 0 Å². The second-order valence-corrected chi connectivity index (χ2v) is 4.20. The van der Waals surface area contributed by atoms with Gasteiger partial charge < -0.3 is 16.3 Å². The second-order valence-electron chi connectivity index (χ2n) is 3.76. The Morgan fingerprint density at radius 1 is 1.67 bits per heavy atom. The standard InChI is InChI=1S/C11H13ClFN3O2/c1-6(10(14)16-18)5-15-11(17)8-4-7(12)2-3-9(8)13/h2-4,6,18H,5H2,1H3,(H2,14,16)(H,15,17). The lowest BCUT2D eigenvalue weighted by atomic mass is 10.1. The largest absolute Gasteiger partial charge is 0.409 e. The van der Waals surface area contributed by atoms with Crippen LogP contribution in [0.25, 0.3) is 0 Å². The number of oxime groups is 1. The molecule has 0 saturated carbocycles. The Morgan fingerprint density at radius 2 is 2.33 bits per heavy atom. The van der Waals surface area contributed by atoms with E-state index in [1.54, 1.807) is 6.92 Å². The molecule has 1 unspecified atom stereocenters. The highest BCUT2D eigenvalue weighted by Gasteiger charge is 2.14. The Balaban J connectivity index is 2.69. The summed E-state index contributed by atoms with van der Waals surface area (Å²) < 4.78 is 13.4. The second kappa shape index (κ2) is 6.20. The monoisotopic (exact) mass is 273 g/mol. The van der Waals surface area contributed by atoms with Crippen LogP contribution in [0.1, 0.15) is 17.3 Å². The van der Waals surface area contributed by atoms with E-state index in [1.165, 1.54) is 12.1 Å². The average Bonchev–Trinajstić information content (AvgIpc) is 2.37. The fraction of sp³-hybridized carbons (Fsp3) is 0.273. The van der Waals surface area contributed by atoms with Crippen LogP contribution in [0.5, 0.6) is 0 Å². The molecule has 1 aromatic rings. The van der Waals surface area contributed by atoms with Gasteiger partial charge in [0.25, 0.3) is 5.91 Å². The Kier molecular flexibility index (Phi) is 4.91. The maximum Gasteiger partial charge on any atom is 0.254 e. The van der Waals surface area contributed by atoms with E-state index in [1.807, 2.05) is 0 Å². The van der Waals surface area contributed by atoms with Crippen LogP contribution in [0.4, 0.5) is 4.39 Å². The lowest BCUT2D eigenvalue weighted by Gasteiger charge is -2.11. The molecule has 1 rings (SSSR count). The number of nitrogens with one attached hydrogen (secondary N) is 1. The Hall–Kier alpha value is -1.82. The summed E-state index contributed by atoms with van der Waals surface area (Å²) in [7, 11) is 0. The maximum atomic E-state index is 13.4. The molecule has 0 saturated heterocycles. The lowest BCUT2D eigenvalue weighted by Crippen LogP contribution is -2.35. The number of carbonyl (C=O) groups is 1. The number of carbonyl (C=O) groups excluding carboxylic acids is 1. The van der Waals surface area contributed by atoms with Gasteiger partial charge >= 0.3 is 0 Å². The SMILES string of the molecule is CC(CNC(=O)c1cc(Cl)ccc1F)C(N)=NO. The van der Waals surface area contributed by atoms with Crippen molar-refractivity contribution < 1.29 is 14.4 Å². The summed E-state index contributed by atoms with van der Waals surface area (Å²) >= 11 is 5.68. The number of halogens is 2. The highest BCUT2D eigenvalue weighted by atomic mass is 35.5. The number of benzene rings is 1. The Morgan fingerprint density at radius 3 is 2.94 bits per heavy atom. The fourth-order valence-corrected chi connectivity index (χ4v) is 1.39. The third-order valence-corrected chi connectivity index (χ3v) is 2.60. The van der Waals surface area contributed by atoms with E-state index in [9.17, 15) is 9.18 Å². The minimum absolute atomic E-state index is 0.0122. The van der Waals surface area contributed by atoms with E-state index in [0.29, 0.717) is 0 Å². The average molecular weight is 274 g/mol. The number of hydrogen-bond donors (Lipinski definition) is 3. The zero-order valence-electron chi connectivity index (χ0n) is 9.65. The molecule has 4 N–H and O–H groups in total. The normalized spacial score (nSPS) is 13.2. The van der Waals surface area contributed by atoms with E-state index in [0.717, 1.165) is 6.07 Å². The van der Waals surface area contributed by atoms with Crippen molar-refractivity contribution >= 4 is 23.3 Å². The fourth-order valence-electron chi connectivity index (χ4n) is 1.22. The predicted molar refractivity (Wildman–Crippen MR) is 66.3 cm³/mol. The molecule has 0 radical (unpaired) electrons. The number of hydrogen-bond acceptors (Lipinski definition) is 3. The summed E-state index contributed by atoms with van der Waals surface area (Å²) in [5.41, 5.74) is 5.20. The van der Waals surface area contributed by atoms with E-state index in [2.05, 4.69) is 10.5 Å². The molecule has 0 aromatic heterocycles. The van der Waals surface area contributed by atoms with Crippen molar-refractivity contribution in [2.24, 2.45) is 16.8 Å². The molecule has 0 aliphatic rings. The molecule has 1 aromatic carbocycles. The minimum atomic E-state index is -0.659. The molecular formula is C11H13ClFN3O2. The van der Waals surface area contributed by atoms with Crippen LogP contribution >= 0.6 is 11.6 Å².